The Morgan fingerprint density at radius 1 is 1.31 bits per heavy atom. The van der Waals surface area contributed by atoms with Gasteiger partial charge >= 0.3 is 0 Å². The lowest BCUT2D eigenvalue weighted by atomic mass is 10.2. The standard InChI is InChI=1S/C10H12N2O/c11-4-6-13-9-2-1-8-3-5-12-10(8)7-9/h1-3,5,7,12H,4,6,11H2. The third kappa shape index (κ3) is 1.65. The third-order valence-electron chi connectivity index (χ3n) is 1.91. The average molecular weight is 176 g/mol. The number of nitrogens with two attached hydrogens (primary N) is 1. The van der Waals surface area contributed by atoms with Crippen LogP contribution in [0.2, 0.25) is 0 Å². The van der Waals surface area contributed by atoms with Gasteiger partial charge in [0.2, 0.25) is 0 Å². The molecule has 0 amide bonds. The number of hydrogen-bond donors (Lipinski definition) is 2. The van der Waals surface area contributed by atoms with Crippen LogP contribution in [0.5, 0.6) is 5.75 Å². The van der Waals surface area contributed by atoms with Crippen LogP contribution in [0.25, 0.3) is 10.9 Å². The van der Waals surface area contributed by atoms with Gasteiger partial charge in [0.25, 0.3) is 0 Å². The van der Waals surface area contributed by atoms with Crippen molar-refractivity contribution in [1.82, 2.24) is 4.98 Å². The molecule has 1 aromatic heterocycles. The van der Waals surface area contributed by atoms with Crippen molar-refractivity contribution in [2.45, 2.75) is 0 Å². The van der Waals surface area contributed by atoms with Crippen LogP contribution < -0.4 is 10.5 Å². The number of H-pyrrole nitrogens is 1. The summed E-state index contributed by atoms with van der Waals surface area (Å²) in [6.07, 6.45) is 1.91. The van der Waals surface area contributed by atoms with Crippen LogP contribution in [0.15, 0.2) is 30.5 Å². The number of ether oxygens (including phenoxy) is 1. The smallest absolute Gasteiger partial charge is 0.121 e. The molecule has 0 fully saturated rings. The molecule has 0 radical (unpaired) electrons. The number of rotatable bonds is 3. The molecule has 0 aliphatic rings. The van der Waals surface area contributed by atoms with E-state index in [9.17, 15) is 0 Å². The van der Waals surface area contributed by atoms with E-state index in [-0.39, 0.29) is 0 Å². The predicted octanol–water partition coefficient (Wildman–Crippen LogP) is 1.51. The molecule has 1 heterocycles. The lowest BCUT2D eigenvalue weighted by molar-refractivity contribution is 0.329. The molecule has 0 aliphatic heterocycles. The first-order valence-corrected chi connectivity index (χ1v) is 4.30. The fraction of sp³-hybridized carbons (Fsp3) is 0.200. The Balaban J connectivity index is 2.26. The van der Waals surface area contributed by atoms with E-state index in [0.717, 1.165) is 11.3 Å². The van der Waals surface area contributed by atoms with E-state index in [0.29, 0.717) is 13.2 Å². The maximum absolute atomic E-state index is 5.39. The zero-order valence-electron chi connectivity index (χ0n) is 7.29. The van der Waals surface area contributed by atoms with Gasteiger partial charge < -0.3 is 15.5 Å². The minimum Gasteiger partial charge on any atom is -0.492 e. The van der Waals surface area contributed by atoms with E-state index in [4.69, 9.17) is 10.5 Å². The van der Waals surface area contributed by atoms with Crippen molar-refractivity contribution < 1.29 is 4.74 Å². The van der Waals surface area contributed by atoms with Gasteiger partial charge in [0.05, 0.1) is 0 Å². The second kappa shape index (κ2) is 3.49. The number of hydrogen-bond acceptors (Lipinski definition) is 2. The van der Waals surface area contributed by atoms with Crippen LogP contribution in [-0.4, -0.2) is 18.1 Å². The minimum atomic E-state index is 0.544. The number of fused-ring (bicyclic) bond motifs is 1. The van der Waals surface area contributed by atoms with Gasteiger partial charge in [0, 0.05) is 24.3 Å². The van der Waals surface area contributed by atoms with Crippen molar-refractivity contribution >= 4 is 10.9 Å². The monoisotopic (exact) mass is 176 g/mol. The number of aromatic amines is 1. The zero-order chi connectivity index (χ0) is 9.10. The number of benzene rings is 1. The Hall–Kier alpha value is -1.48. The second-order valence-corrected chi connectivity index (χ2v) is 2.86. The van der Waals surface area contributed by atoms with Gasteiger partial charge in [-0.1, -0.05) is 0 Å². The summed E-state index contributed by atoms with van der Waals surface area (Å²) in [5.74, 6) is 0.861. The molecule has 68 valence electrons. The number of aromatic nitrogens is 1. The molecule has 3 nitrogen and oxygen atoms in total. The van der Waals surface area contributed by atoms with Crippen molar-refractivity contribution in [3.05, 3.63) is 30.5 Å². The largest absolute Gasteiger partial charge is 0.492 e. The SMILES string of the molecule is NCCOc1ccc2cc[nH]c2c1. The quantitative estimate of drug-likeness (QED) is 0.744. The van der Waals surface area contributed by atoms with Gasteiger partial charge in [-0.15, -0.1) is 0 Å². The fourth-order valence-electron chi connectivity index (χ4n) is 1.29. The summed E-state index contributed by atoms with van der Waals surface area (Å²) in [6, 6.07) is 7.98. The minimum absolute atomic E-state index is 0.544. The topological polar surface area (TPSA) is 51.0 Å². The zero-order valence-corrected chi connectivity index (χ0v) is 7.29. The van der Waals surface area contributed by atoms with Crippen molar-refractivity contribution in [1.29, 1.82) is 0 Å². The Morgan fingerprint density at radius 2 is 2.23 bits per heavy atom. The molecule has 1 aromatic carbocycles. The highest BCUT2D eigenvalue weighted by molar-refractivity contribution is 5.80. The molecule has 0 saturated carbocycles. The molecule has 2 aromatic rings. The summed E-state index contributed by atoms with van der Waals surface area (Å²) in [5.41, 5.74) is 6.43. The van der Waals surface area contributed by atoms with E-state index < -0.39 is 0 Å². The Kier molecular flexibility index (Phi) is 2.19. The van der Waals surface area contributed by atoms with E-state index >= 15 is 0 Å². The van der Waals surface area contributed by atoms with Crippen molar-refractivity contribution in [2.75, 3.05) is 13.2 Å². The molecule has 0 saturated heterocycles. The average Bonchev–Trinajstić information content (AvgIpc) is 2.61. The lowest BCUT2D eigenvalue weighted by Gasteiger charge is -2.03. The Bertz CT molecular complexity index is 394. The van der Waals surface area contributed by atoms with Crippen LogP contribution in [0, 0.1) is 0 Å². The molecule has 0 atom stereocenters. The maximum atomic E-state index is 5.39. The van der Waals surface area contributed by atoms with E-state index in [1.165, 1.54) is 5.39 Å². The molecular weight excluding hydrogens is 164 g/mol. The van der Waals surface area contributed by atoms with Crippen LogP contribution in [0.1, 0.15) is 0 Å². The molecule has 0 unspecified atom stereocenters. The van der Waals surface area contributed by atoms with Gasteiger partial charge in [0.1, 0.15) is 12.4 Å². The molecule has 0 bridgehead atoms. The third-order valence-corrected chi connectivity index (χ3v) is 1.91. The van der Waals surface area contributed by atoms with E-state index in [1.54, 1.807) is 0 Å². The Morgan fingerprint density at radius 3 is 3.08 bits per heavy atom. The van der Waals surface area contributed by atoms with E-state index in [1.807, 2.05) is 30.5 Å². The normalized spacial score (nSPS) is 10.5. The first-order chi connectivity index (χ1) is 6.40. The molecule has 2 rings (SSSR count). The Labute approximate surface area is 76.5 Å². The molecule has 3 N–H and O–H groups in total. The molecule has 0 spiro atoms. The van der Waals surface area contributed by atoms with Gasteiger partial charge in [-0.2, -0.15) is 0 Å². The van der Waals surface area contributed by atoms with Gasteiger partial charge in [-0.25, -0.2) is 0 Å². The molecule has 13 heavy (non-hydrogen) atoms. The van der Waals surface area contributed by atoms with Crippen molar-refractivity contribution in [2.24, 2.45) is 5.73 Å². The summed E-state index contributed by atoms with van der Waals surface area (Å²) in [6.45, 7) is 1.11. The van der Waals surface area contributed by atoms with Crippen LogP contribution in [-0.2, 0) is 0 Å². The van der Waals surface area contributed by atoms with E-state index in [2.05, 4.69) is 4.98 Å². The summed E-state index contributed by atoms with van der Waals surface area (Å²) < 4.78 is 5.39. The summed E-state index contributed by atoms with van der Waals surface area (Å²) in [7, 11) is 0. The highest BCUT2D eigenvalue weighted by Crippen LogP contribution is 2.18. The van der Waals surface area contributed by atoms with Crippen LogP contribution >= 0.6 is 0 Å². The van der Waals surface area contributed by atoms with Gasteiger partial charge in [-0.3, -0.25) is 0 Å². The molecule has 0 aliphatic carbocycles. The first-order valence-electron chi connectivity index (χ1n) is 4.30. The van der Waals surface area contributed by atoms with Crippen LogP contribution in [0.4, 0.5) is 0 Å². The number of nitrogens with one attached hydrogen (secondary N) is 1. The highest BCUT2D eigenvalue weighted by atomic mass is 16.5. The maximum Gasteiger partial charge on any atom is 0.121 e. The molecular formula is C10H12N2O. The van der Waals surface area contributed by atoms with Crippen LogP contribution in [0.3, 0.4) is 0 Å². The first kappa shape index (κ1) is 8.13. The molecule has 3 heteroatoms. The van der Waals surface area contributed by atoms with Gasteiger partial charge in [-0.05, 0) is 23.6 Å². The highest BCUT2D eigenvalue weighted by Gasteiger charge is 1.96. The van der Waals surface area contributed by atoms with Gasteiger partial charge in [0.15, 0.2) is 0 Å². The summed E-state index contributed by atoms with van der Waals surface area (Å²) >= 11 is 0. The summed E-state index contributed by atoms with van der Waals surface area (Å²) in [5, 5.41) is 1.19. The lowest BCUT2D eigenvalue weighted by Crippen LogP contribution is -2.10. The predicted molar refractivity (Wildman–Crippen MR) is 52.8 cm³/mol. The second-order valence-electron chi connectivity index (χ2n) is 2.86. The summed E-state index contributed by atoms with van der Waals surface area (Å²) in [4.78, 5) is 3.13. The van der Waals surface area contributed by atoms with Crippen molar-refractivity contribution in [3.63, 3.8) is 0 Å². The fourth-order valence-corrected chi connectivity index (χ4v) is 1.29. The van der Waals surface area contributed by atoms with Crippen molar-refractivity contribution in [3.8, 4) is 5.75 Å².